The van der Waals surface area contributed by atoms with E-state index in [0.717, 1.165) is 17.6 Å². The number of benzene rings is 1. The summed E-state index contributed by atoms with van der Waals surface area (Å²) in [4.78, 5) is 8.59. The fraction of sp³-hybridized carbons (Fsp3) is 0.133. The van der Waals surface area contributed by atoms with E-state index in [0.29, 0.717) is 17.1 Å². The fourth-order valence-electron chi connectivity index (χ4n) is 2.22. The number of halogens is 1. The van der Waals surface area contributed by atoms with Crippen LogP contribution in [0.4, 0.5) is 4.39 Å². The molecule has 3 aromatic rings. The zero-order valence-corrected chi connectivity index (χ0v) is 10.8. The van der Waals surface area contributed by atoms with Crippen molar-refractivity contribution in [1.29, 1.82) is 5.26 Å². The van der Waals surface area contributed by atoms with E-state index in [1.54, 1.807) is 18.2 Å². The monoisotopic (exact) mass is 266 g/mol. The molecule has 0 radical (unpaired) electrons. The van der Waals surface area contributed by atoms with E-state index < -0.39 is 0 Å². The zero-order chi connectivity index (χ0) is 14.1. The molecule has 0 N–H and O–H groups in total. The van der Waals surface area contributed by atoms with Gasteiger partial charge in [-0.05, 0) is 37.3 Å². The van der Waals surface area contributed by atoms with Gasteiger partial charge in [0, 0.05) is 6.54 Å². The Kier molecular flexibility index (Phi) is 2.92. The van der Waals surface area contributed by atoms with Crippen LogP contribution in [-0.4, -0.2) is 14.5 Å². The van der Waals surface area contributed by atoms with Crippen molar-refractivity contribution < 1.29 is 4.39 Å². The van der Waals surface area contributed by atoms with Gasteiger partial charge >= 0.3 is 0 Å². The van der Waals surface area contributed by atoms with E-state index >= 15 is 0 Å². The number of nitriles is 1. The molecule has 0 saturated carbocycles. The third-order valence-corrected chi connectivity index (χ3v) is 3.15. The van der Waals surface area contributed by atoms with E-state index in [4.69, 9.17) is 5.26 Å². The van der Waals surface area contributed by atoms with Crippen LogP contribution in [0, 0.1) is 17.1 Å². The molecule has 20 heavy (non-hydrogen) atoms. The molecule has 3 rings (SSSR count). The van der Waals surface area contributed by atoms with Crippen molar-refractivity contribution in [2.24, 2.45) is 0 Å². The zero-order valence-electron chi connectivity index (χ0n) is 10.8. The van der Waals surface area contributed by atoms with Crippen LogP contribution in [0.25, 0.3) is 22.6 Å². The Balaban J connectivity index is 2.25. The molecule has 1 aromatic carbocycles. The van der Waals surface area contributed by atoms with E-state index in [9.17, 15) is 4.39 Å². The highest BCUT2D eigenvalue weighted by molar-refractivity contribution is 5.81. The van der Waals surface area contributed by atoms with Crippen molar-refractivity contribution in [3.8, 4) is 17.6 Å². The van der Waals surface area contributed by atoms with E-state index in [1.807, 2.05) is 17.6 Å². The summed E-state index contributed by atoms with van der Waals surface area (Å²) in [7, 11) is 0. The number of rotatable bonds is 2. The standard InChI is InChI=1S/C15H11FN4/c1-2-20-14-6-3-10(8-17)7-13(14)19-15(20)12-5-4-11(16)9-18-12/h3-7,9H,2H2,1H3. The van der Waals surface area contributed by atoms with Gasteiger partial charge in [0.15, 0.2) is 5.82 Å². The molecule has 0 aliphatic carbocycles. The molecule has 0 unspecified atom stereocenters. The van der Waals surface area contributed by atoms with Crippen molar-refractivity contribution in [2.45, 2.75) is 13.5 Å². The van der Waals surface area contributed by atoms with Crippen LogP contribution in [0.2, 0.25) is 0 Å². The Morgan fingerprint density at radius 1 is 1.30 bits per heavy atom. The minimum atomic E-state index is -0.375. The Hall–Kier alpha value is -2.74. The van der Waals surface area contributed by atoms with Gasteiger partial charge in [-0.3, -0.25) is 0 Å². The average Bonchev–Trinajstić information content (AvgIpc) is 2.85. The molecule has 98 valence electrons. The summed E-state index contributed by atoms with van der Waals surface area (Å²) < 4.78 is 15.0. The van der Waals surface area contributed by atoms with Crippen molar-refractivity contribution in [3.05, 3.63) is 47.9 Å². The van der Waals surface area contributed by atoms with Crippen LogP contribution in [0.5, 0.6) is 0 Å². The molecule has 0 atom stereocenters. The Labute approximate surface area is 115 Å². The predicted octanol–water partition coefficient (Wildman–Crippen LogP) is 3.13. The minimum absolute atomic E-state index is 0.375. The summed E-state index contributed by atoms with van der Waals surface area (Å²) in [6.07, 6.45) is 1.18. The molecule has 2 aromatic heterocycles. The van der Waals surface area contributed by atoms with E-state index in [1.165, 1.54) is 12.3 Å². The van der Waals surface area contributed by atoms with Crippen molar-refractivity contribution in [1.82, 2.24) is 14.5 Å². The molecular weight excluding hydrogens is 255 g/mol. The predicted molar refractivity (Wildman–Crippen MR) is 73.3 cm³/mol. The SMILES string of the molecule is CCn1c(-c2ccc(F)cn2)nc2cc(C#N)ccc21. The highest BCUT2D eigenvalue weighted by atomic mass is 19.1. The molecule has 0 fully saturated rings. The molecule has 5 heteroatoms. The largest absolute Gasteiger partial charge is 0.323 e. The number of fused-ring (bicyclic) bond motifs is 1. The number of nitrogens with zero attached hydrogens (tertiary/aromatic N) is 4. The lowest BCUT2D eigenvalue weighted by atomic mass is 10.2. The smallest absolute Gasteiger partial charge is 0.159 e. The molecule has 4 nitrogen and oxygen atoms in total. The van der Waals surface area contributed by atoms with Gasteiger partial charge in [-0.15, -0.1) is 0 Å². The van der Waals surface area contributed by atoms with Crippen LogP contribution in [-0.2, 0) is 6.54 Å². The Morgan fingerprint density at radius 3 is 2.80 bits per heavy atom. The molecule has 0 aliphatic rings. The quantitative estimate of drug-likeness (QED) is 0.716. The average molecular weight is 266 g/mol. The van der Waals surface area contributed by atoms with Gasteiger partial charge < -0.3 is 4.57 Å². The first-order chi connectivity index (χ1) is 9.72. The van der Waals surface area contributed by atoms with Crippen molar-refractivity contribution in [3.63, 3.8) is 0 Å². The molecule has 0 bridgehead atoms. The lowest BCUT2D eigenvalue weighted by Crippen LogP contribution is -1.98. The lowest BCUT2D eigenvalue weighted by molar-refractivity contribution is 0.621. The van der Waals surface area contributed by atoms with Gasteiger partial charge in [-0.25, -0.2) is 14.4 Å². The summed E-state index contributed by atoms with van der Waals surface area (Å²) in [6.45, 7) is 2.73. The third kappa shape index (κ3) is 1.91. The number of aromatic nitrogens is 3. The van der Waals surface area contributed by atoms with Gasteiger partial charge in [0.1, 0.15) is 11.5 Å². The van der Waals surface area contributed by atoms with Crippen molar-refractivity contribution >= 4 is 11.0 Å². The lowest BCUT2D eigenvalue weighted by Gasteiger charge is -2.05. The first kappa shape index (κ1) is 12.3. The number of pyridine rings is 1. The second-order valence-corrected chi connectivity index (χ2v) is 4.36. The highest BCUT2D eigenvalue weighted by Gasteiger charge is 2.13. The number of imidazole rings is 1. The maximum absolute atomic E-state index is 13.0. The Bertz CT molecular complexity index is 812. The van der Waals surface area contributed by atoms with Crippen LogP contribution < -0.4 is 0 Å². The van der Waals surface area contributed by atoms with Gasteiger partial charge in [0.25, 0.3) is 0 Å². The number of hydrogen-bond donors (Lipinski definition) is 0. The van der Waals surface area contributed by atoms with E-state index in [-0.39, 0.29) is 5.82 Å². The number of hydrogen-bond acceptors (Lipinski definition) is 3. The highest BCUT2D eigenvalue weighted by Crippen LogP contribution is 2.24. The van der Waals surface area contributed by atoms with Crippen molar-refractivity contribution in [2.75, 3.05) is 0 Å². The summed E-state index contributed by atoms with van der Waals surface area (Å²) in [5.41, 5.74) is 2.86. The first-order valence-electron chi connectivity index (χ1n) is 6.25. The van der Waals surface area contributed by atoms with Gasteiger partial charge in [-0.2, -0.15) is 5.26 Å². The molecule has 0 amide bonds. The first-order valence-corrected chi connectivity index (χ1v) is 6.25. The summed E-state index contributed by atoms with van der Waals surface area (Å²) in [5, 5.41) is 8.94. The van der Waals surface area contributed by atoms with E-state index in [2.05, 4.69) is 16.0 Å². The third-order valence-electron chi connectivity index (χ3n) is 3.15. The summed E-state index contributed by atoms with van der Waals surface area (Å²) in [5.74, 6) is 0.303. The minimum Gasteiger partial charge on any atom is -0.323 e. The molecular formula is C15H11FN4. The van der Waals surface area contributed by atoms with Crippen LogP contribution in [0.3, 0.4) is 0 Å². The summed E-state index contributed by atoms with van der Waals surface area (Å²) >= 11 is 0. The fourth-order valence-corrected chi connectivity index (χ4v) is 2.22. The van der Waals surface area contributed by atoms with Crippen LogP contribution >= 0.6 is 0 Å². The molecule has 2 heterocycles. The second kappa shape index (κ2) is 4.74. The Morgan fingerprint density at radius 2 is 2.15 bits per heavy atom. The normalized spacial score (nSPS) is 10.7. The molecule has 0 aliphatic heterocycles. The summed E-state index contributed by atoms with van der Waals surface area (Å²) in [6, 6.07) is 10.4. The maximum Gasteiger partial charge on any atom is 0.159 e. The van der Waals surface area contributed by atoms with Gasteiger partial charge in [-0.1, -0.05) is 0 Å². The second-order valence-electron chi connectivity index (χ2n) is 4.36. The van der Waals surface area contributed by atoms with Crippen LogP contribution in [0.15, 0.2) is 36.5 Å². The van der Waals surface area contributed by atoms with Gasteiger partial charge in [0.05, 0.1) is 28.9 Å². The molecule has 0 spiro atoms. The molecule has 0 saturated heterocycles. The number of aryl methyl sites for hydroxylation is 1. The van der Waals surface area contributed by atoms with Gasteiger partial charge in [0.2, 0.25) is 0 Å². The van der Waals surface area contributed by atoms with Crippen LogP contribution in [0.1, 0.15) is 12.5 Å². The maximum atomic E-state index is 13.0. The topological polar surface area (TPSA) is 54.5 Å².